The third kappa shape index (κ3) is 4.39. The molecule has 176 valence electrons. The van der Waals surface area contributed by atoms with E-state index in [1.807, 2.05) is 29.2 Å². The highest BCUT2D eigenvalue weighted by molar-refractivity contribution is 7.89. The molecular formula is C25H31N3O4S. The van der Waals surface area contributed by atoms with Crippen LogP contribution < -0.4 is 9.80 Å². The largest absolute Gasteiger partial charge is 0.378 e. The van der Waals surface area contributed by atoms with Crippen LogP contribution in [-0.4, -0.2) is 64.6 Å². The van der Waals surface area contributed by atoms with Crippen molar-refractivity contribution >= 4 is 27.3 Å². The minimum absolute atomic E-state index is 0.140. The molecule has 0 N–H and O–H groups in total. The predicted octanol–water partition coefficient (Wildman–Crippen LogP) is 3.29. The second-order valence-electron chi connectivity index (χ2n) is 8.93. The quantitative estimate of drug-likeness (QED) is 0.687. The van der Waals surface area contributed by atoms with Crippen molar-refractivity contribution in [3.05, 3.63) is 53.6 Å². The number of amides is 1. The van der Waals surface area contributed by atoms with Gasteiger partial charge >= 0.3 is 0 Å². The van der Waals surface area contributed by atoms with E-state index >= 15 is 0 Å². The van der Waals surface area contributed by atoms with Crippen molar-refractivity contribution in [3.63, 3.8) is 0 Å². The van der Waals surface area contributed by atoms with Gasteiger partial charge in [0.05, 0.1) is 23.7 Å². The molecule has 0 spiro atoms. The molecule has 1 amide bonds. The Bertz CT molecular complexity index is 1120. The van der Waals surface area contributed by atoms with Gasteiger partial charge in [0.2, 0.25) is 10.0 Å². The Morgan fingerprint density at radius 3 is 2.36 bits per heavy atom. The zero-order chi connectivity index (χ0) is 22.8. The fourth-order valence-corrected chi connectivity index (χ4v) is 6.62. The van der Waals surface area contributed by atoms with Gasteiger partial charge in [-0.05, 0) is 55.5 Å². The number of aryl methyl sites for hydroxylation is 1. The standard InChI is InChI=1S/C25H31N3O4S/c29-25(28-14-6-8-20-7-2-3-9-23(20)28)22-19-21(33(30,31)27-12-4-1-5-13-27)10-11-24(22)26-15-17-32-18-16-26/h2-3,7,9-11,19H,1,4-6,8,12-18H2. The molecule has 5 rings (SSSR count). The average Bonchev–Trinajstić information content (AvgIpc) is 2.88. The van der Waals surface area contributed by atoms with Gasteiger partial charge in [0.1, 0.15) is 0 Å². The van der Waals surface area contributed by atoms with Crippen LogP contribution in [0.4, 0.5) is 11.4 Å². The van der Waals surface area contributed by atoms with Crippen LogP contribution in [0.15, 0.2) is 47.4 Å². The maximum absolute atomic E-state index is 13.9. The molecule has 8 heteroatoms. The monoisotopic (exact) mass is 469 g/mol. The molecule has 33 heavy (non-hydrogen) atoms. The molecule has 0 aliphatic carbocycles. The minimum Gasteiger partial charge on any atom is -0.378 e. The van der Waals surface area contributed by atoms with E-state index in [1.165, 1.54) is 0 Å². The lowest BCUT2D eigenvalue weighted by molar-refractivity contribution is 0.0983. The first-order chi connectivity index (χ1) is 16.1. The Morgan fingerprint density at radius 2 is 1.58 bits per heavy atom. The number of anilines is 2. The number of rotatable bonds is 4. The molecule has 0 radical (unpaired) electrons. The summed E-state index contributed by atoms with van der Waals surface area (Å²) in [5.41, 5.74) is 3.31. The molecule has 7 nitrogen and oxygen atoms in total. The van der Waals surface area contributed by atoms with Gasteiger partial charge in [0.15, 0.2) is 0 Å². The van der Waals surface area contributed by atoms with Crippen LogP contribution in [0.2, 0.25) is 0 Å². The predicted molar refractivity (Wildman–Crippen MR) is 129 cm³/mol. The van der Waals surface area contributed by atoms with E-state index in [4.69, 9.17) is 4.74 Å². The highest BCUT2D eigenvalue weighted by atomic mass is 32.2. The van der Waals surface area contributed by atoms with E-state index in [1.54, 1.807) is 16.4 Å². The van der Waals surface area contributed by atoms with Gasteiger partial charge in [0.25, 0.3) is 5.91 Å². The van der Waals surface area contributed by atoms with Gasteiger partial charge in [0, 0.05) is 44.1 Å². The van der Waals surface area contributed by atoms with Gasteiger partial charge in [-0.3, -0.25) is 4.79 Å². The Balaban J connectivity index is 1.56. The van der Waals surface area contributed by atoms with E-state index < -0.39 is 10.0 Å². The summed E-state index contributed by atoms with van der Waals surface area (Å²) in [6, 6.07) is 13.1. The molecule has 0 unspecified atom stereocenters. The van der Waals surface area contributed by atoms with E-state index in [0.717, 1.165) is 49.0 Å². The number of hydrogen-bond acceptors (Lipinski definition) is 5. The average molecular weight is 470 g/mol. The molecule has 3 aliphatic rings. The van der Waals surface area contributed by atoms with Crippen molar-refractivity contribution in [1.82, 2.24) is 4.31 Å². The highest BCUT2D eigenvalue weighted by Crippen LogP contribution is 2.33. The van der Waals surface area contributed by atoms with Crippen molar-refractivity contribution in [1.29, 1.82) is 0 Å². The minimum atomic E-state index is -3.64. The normalized spacial score (nSPS) is 19.9. The smallest absolute Gasteiger partial charge is 0.260 e. The van der Waals surface area contributed by atoms with Crippen LogP contribution in [0.25, 0.3) is 0 Å². The van der Waals surface area contributed by atoms with Crippen molar-refractivity contribution < 1.29 is 17.9 Å². The second-order valence-corrected chi connectivity index (χ2v) is 10.9. The first kappa shape index (κ1) is 22.4. The summed E-state index contributed by atoms with van der Waals surface area (Å²) in [6.07, 6.45) is 4.64. The van der Waals surface area contributed by atoms with Crippen molar-refractivity contribution in [2.45, 2.75) is 37.0 Å². The Hall–Kier alpha value is -2.42. The van der Waals surface area contributed by atoms with Gasteiger partial charge in [-0.15, -0.1) is 0 Å². The summed E-state index contributed by atoms with van der Waals surface area (Å²) in [5.74, 6) is -0.140. The molecule has 0 aromatic heterocycles. The van der Waals surface area contributed by atoms with Crippen LogP contribution >= 0.6 is 0 Å². The lowest BCUT2D eigenvalue weighted by Crippen LogP contribution is -2.40. The van der Waals surface area contributed by atoms with Gasteiger partial charge in [-0.2, -0.15) is 4.31 Å². The van der Waals surface area contributed by atoms with Gasteiger partial charge in [-0.1, -0.05) is 24.6 Å². The van der Waals surface area contributed by atoms with Crippen LogP contribution in [0.3, 0.4) is 0 Å². The zero-order valence-corrected chi connectivity index (χ0v) is 19.7. The number of sulfonamides is 1. The van der Waals surface area contributed by atoms with Gasteiger partial charge in [-0.25, -0.2) is 8.42 Å². The molecule has 3 aliphatic heterocycles. The number of fused-ring (bicyclic) bond motifs is 1. The number of para-hydroxylation sites is 1. The maximum atomic E-state index is 13.9. The topological polar surface area (TPSA) is 70.2 Å². The fourth-order valence-electron chi connectivity index (χ4n) is 5.07. The summed E-state index contributed by atoms with van der Waals surface area (Å²) < 4.78 is 33.8. The molecule has 3 heterocycles. The van der Waals surface area contributed by atoms with Gasteiger partial charge < -0.3 is 14.5 Å². The summed E-state index contributed by atoms with van der Waals surface area (Å²) in [6.45, 7) is 4.24. The molecule has 0 atom stereocenters. The molecule has 2 saturated heterocycles. The van der Waals surface area contributed by atoms with Crippen molar-refractivity contribution in [2.24, 2.45) is 0 Å². The van der Waals surface area contributed by atoms with Crippen LogP contribution in [-0.2, 0) is 21.2 Å². The number of morpholine rings is 1. The fraction of sp³-hybridized carbons (Fsp3) is 0.480. The van der Waals surface area contributed by atoms with E-state index in [2.05, 4.69) is 11.0 Å². The van der Waals surface area contributed by atoms with Crippen LogP contribution in [0.5, 0.6) is 0 Å². The molecule has 0 bridgehead atoms. The van der Waals surface area contributed by atoms with E-state index in [-0.39, 0.29) is 10.8 Å². The third-order valence-corrected chi connectivity index (χ3v) is 8.75. The Labute approximate surface area is 196 Å². The Kier molecular flexibility index (Phi) is 6.40. The number of nitrogens with zero attached hydrogens (tertiary/aromatic N) is 3. The summed E-state index contributed by atoms with van der Waals surface area (Å²) in [7, 11) is -3.64. The van der Waals surface area contributed by atoms with E-state index in [0.29, 0.717) is 51.5 Å². The molecular weight excluding hydrogens is 438 g/mol. The highest BCUT2D eigenvalue weighted by Gasteiger charge is 2.31. The summed E-state index contributed by atoms with van der Waals surface area (Å²) in [4.78, 5) is 18.1. The zero-order valence-electron chi connectivity index (χ0n) is 18.9. The Morgan fingerprint density at radius 1 is 0.818 bits per heavy atom. The molecule has 2 fully saturated rings. The number of benzene rings is 2. The summed E-state index contributed by atoms with van der Waals surface area (Å²) >= 11 is 0. The number of hydrogen-bond donors (Lipinski definition) is 0. The first-order valence-electron chi connectivity index (χ1n) is 11.9. The SMILES string of the molecule is O=C(c1cc(S(=O)(=O)N2CCCCC2)ccc1N1CCOCC1)N1CCCc2ccccc21. The summed E-state index contributed by atoms with van der Waals surface area (Å²) in [5, 5.41) is 0. The van der Waals surface area contributed by atoms with Crippen molar-refractivity contribution in [2.75, 3.05) is 55.7 Å². The lowest BCUT2D eigenvalue weighted by Gasteiger charge is -2.34. The number of piperidine rings is 1. The number of ether oxygens (including phenoxy) is 1. The maximum Gasteiger partial charge on any atom is 0.260 e. The molecule has 2 aromatic carbocycles. The van der Waals surface area contributed by atoms with Crippen LogP contribution in [0, 0.1) is 0 Å². The van der Waals surface area contributed by atoms with Crippen molar-refractivity contribution in [3.8, 4) is 0 Å². The first-order valence-corrected chi connectivity index (χ1v) is 13.4. The van der Waals surface area contributed by atoms with E-state index in [9.17, 15) is 13.2 Å². The molecule has 2 aromatic rings. The third-order valence-electron chi connectivity index (χ3n) is 6.86. The van der Waals surface area contributed by atoms with Crippen LogP contribution in [0.1, 0.15) is 41.6 Å². The second kappa shape index (κ2) is 9.44. The number of carbonyl (C=O) groups excluding carboxylic acids is 1. The molecule has 0 saturated carbocycles. The number of carbonyl (C=O) groups is 1. The lowest BCUT2D eigenvalue weighted by atomic mass is 10.0.